The van der Waals surface area contributed by atoms with E-state index in [9.17, 15) is 14.4 Å². The molecule has 0 aromatic rings. The molecule has 1 aliphatic rings. The molecule has 1 amide bonds. The lowest BCUT2D eigenvalue weighted by atomic mass is 10.2. The second-order valence-corrected chi connectivity index (χ2v) is 3.36. The van der Waals surface area contributed by atoms with E-state index in [-0.39, 0.29) is 6.04 Å². The summed E-state index contributed by atoms with van der Waals surface area (Å²) in [7, 11) is 1.89. The minimum absolute atomic E-state index is 0.115. The van der Waals surface area contributed by atoms with E-state index in [0.29, 0.717) is 6.54 Å². The molecule has 1 rings (SSSR count). The van der Waals surface area contributed by atoms with Crippen molar-refractivity contribution < 1.29 is 19.5 Å². The molecule has 1 aliphatic heterocycles. The number of likely N-dealkylation sites (N-methyl/N-ethyl adjacent to an activating group) is 1. The number of hydrogen-bond donors (Lipinski definition) is 2. The minimum atomic E-state index is -1.71. The van der Waals surface area contributed by atoms with Gasteiger partial charge in [-0.05, 0) is 20.0 Å². The number of nitrogens with zero attached hydrogens (tertiary/aromatic N) is 1. The standard InChI is InChI=1S/C8H12N2O4/c1-10-3-2-5(4-10)9-7(12)6(11)8(13)14/h5H,2-4H2,1H3,(H,9,12)(H,13,14). The second-order valence-electron chi connectivity index (χ2n) is 3.36. The number of rotatable bonds is 3. The maximum atomic E-state index is 11.0. The van der Waals surface area contributed by atoms with Crippen molar-refractivity contribution in [3.63, 3.8) is 0 Å². The van der Waals surface area contributed by atoms with Gasteiger partial charge in [0.05, 0.1) is 0 Å². The lowest BCUT2D eigenvalue weighted by Crippen LogP contribution is -2.42. The zero-order chi connectivity index (χ0) is 10.7. The molecule has 1 fully saturated rings. The van der Waals surface area contributed by atoms with Crippen LogP contribution in [0.4, 0.5) is 0 Å². The average molecular weight is 200 g/mol. The zero-order valence-electron chi connectivity index (χ0n) is 7.82. The van der Waals surface area contributed by atoms with Crippen molar-refractivity contribution in [3.8, 4) is 0 Å². The Morgan fingerprint density at radius 3 is 2.50 bits per heavy atom. The summed E-state index contributed by atoms with van der Waals surface area (Å²) in [6.45, 7) is 1.49. The number of carboxylic acid groups (broad SMARTS) is 1. The van der Waals surface area contributed by atoms with Crippen molar-refractivity contribution in [2.75, 3.05) is 20.1 Å². The third kappa shape index (κ3) is 2.53. The molecular formula is C8H12N2O4. The number of carbonyl (C=O) groups is 3. The predicted octanol–water partition coefficient (Wildman–Crippen LogP) is -1.54. The Morgan fingerprint density at radius 1 is 1.43 bits per heavy atom. The lowest BCUT2D eigenvalue weighted by molar-refractivity contribution is -0.153. The lowest BCUT2D eigenvalue weighted by Gasteiger charge is -2.10. The average Bonchev–Trinajstić information content (AvgIpc) is 2.49. The highest BCUT2D eigenvalue weighted by Gasteiger charge is 2.27. The molecule has 0 spiro atoms. The predicted molar refractivity (Wildman–Crippen MR) is 46.7 cm³/mol. The molecule has 0 bridgehead atoms. The van der Waals surface area contributed by atoms with E-state index in [1.807, 2.05) is 11.9 Å². The van der Waals surface area contributed by atoms with Gasteiger partial charge in [0.15, 0.2) is 0 Å². The van der Waals surface area contributed by atoms with E-state index in [0.717, 1.165) is 13.0 Å². The number of nitrogens with one attached hydrogen (secondary N) is 1. The molecule has 1 atom stereocenters. The summed E-state index contributed by atoms with van der Waals surface area (Å²) in [6, 6.07) is -0.115. The smallest absolute Gasteiger partial charge is 0.382 e. The van der Waals surface area contributed by atoms with E-state index < -0.39 is 17.7 Å². The molecule has 6 nitrogen and oxygen atoms in total. The van der Waals surface area contributed by atoms with Crippen LogP contribution in [0.15, 0.2) is 0 Å². The Kier molecular flexibility index (Phi) is 3.19. The van der Waals surface area contributed by atoms with Gasteiger partial charge in [-0.25, -0.2) is 4.79 Å². The van der Waals surface area contributed by atoms with Crippen molar-refractivity contribution in [2.24, 2.45) is 0 Å². The highest BCUT2D eigenvalue weighted by atomic mass is 16.4. The first-order valence-electron chi connectivity index (χ1n) is 4.27. The fourth-order valence-electron chi connectivity index (χ4n) is 1.40. The highest BCUT2D eigenvalue weighted by Crippen LogP contribution is 2.05. The molecule has 0 saturated carbocycles. The minimum Gasteiger partial charge on any atom is -0.475 e. The van der Waals surface area contributed by atoms with E-state index in [2.05, 4.69) is 5.32 Å². The number of aliphatic carboxylic acids is 1. The number of hydrogen-bond acceptors (Lipinski definition) is 4. The van der Waals surface area contributed by atoms with Crippen LogP contribution in [0.1, 0.15) is 6.42 Å². The Bertz CT molecular complexity index is 277. The van der Waals surface area contributed by atoms with Crippen molar-refractivity contribution in [1.29, 1.82) is 0 Å². The first kappa shape index (κ1) is 10.6. The molecular weight excluding hydrogens is 188 g/mol. The molecule has 1 heterocycles. The zero-order valence-corrected chi connectivity index (χ0v) is 7.82. The van der Waals surface area contributed by atoms with Crippen LogP contribution in [0.25, 0.3) is 0 Å². The van der Waals surface area contributed by atoms with E-state index in [1.165, 1.54) is 0 Å². The van der Waals surface area contributed by atoms with E-state index in [1.54, 1.807) is 0 Å². The van der Waals surface area contributed by atoms with Gasteiger partial charge in [-0.15, -0.1) is 0 Å². The molecule has 78 valence electrons. The Hall–Kier alpha value is -1.43. The summed E-state index contributed by atoms with van der Waals surface area (Å²) in [5, 5.41) is 10.6. The number of Topliss-reactive ketones (excluding diaryl/α,β-unsaturated/α-hetero) is 1. The number of carboxylic acids is 1. The largest absolute Gasteiger partial charge is 0.475 e. The number of amides is 1. The number of ketones is 1. The topological polar surface area (TPSA) is 86.7 Å². The van der Waals surface area contributed by atoms with Crippen LogP contribution < -0.4 is 5.32 Å². The molecule has 2 N–H and O–H groups in total. The van der Waals surface area contributed by atoms with Gasteiger partial charge in [-0.1, -0.05) is 0 Å². The van der Waals surface area contributed by atoms with Gasteiger partial charge in [0.1, 0.15) is 0 Å². The Labute approximate surface area is 80.9 Å². The monoisotopic (exact) mass is 200 g/mol. The van der Waals surface area contributed by atoms with Crippen LogP contribution in [0.2, 0.25) is 0 Å². The molecule has 0 aromatic heterocycles. The number of likely N-dealkylation sites (tertiary alicyclic amines) is 1. The van der Waals surface area contributed by atoms with Gasteiger partial charge in [-0.3, -0.25) is 9.59 Å². The van der Waals surface area contributed by atoms with Crippen LogP contribution in [0, 0.1) is 0 Å². The Balaban J connectivity index is 2.41. The summed E-state index contributed by atoms with van der Waals surface area (Å²) in [5.41, 5.74) is 0. The fourth-order valence-corrected chi connectivity index (χ4v) is 1.40. The molecule has 6 heteroatoms. The van der Waals surface area contributed by atoms with Gasteiger partial charge < -0.3 is 15.3 Å². The van der Waals surface area contributed by atoms with Gasteiger partial charge in [0, 0.05) is 12.6 Å². The molecule has 0 aromatic carbocycles. The van der Waals surface area contributed by atoms with Gasteiger partial charge in [-0.2, -0.15) is 0 Å². The molecule has 0 aliphatic carbocycles. The summed E-state index contributed by atoms with van der Waals surface area (Å²) >= 11 is 0. The summed E-state index contributed by atoms with van der Waals surface area (Å²) in [6.07, 6.45) is 0.745. The maximum Gasteiger partial charge on any atom is 0.382 e. The normalized spacial score (nSPS) is 21.9. The van der Waals surface area contributed by atoms with Gasteiger partial charge in [0.25, 0.3) is 5.91 Å². The van der Waals surface area contributed by atoms with Crippen molar-refractivity contribution in [1.82, 2.24) is 10.2 Å². The third-order valence-electron chi connectivity index (χ3n) is 2.13. The SMILES string of the molecule is CN1CCC(NC(=O)C(=O)C(=O)O)C1. The van der Waals surface area contributed by atoms with Gasteiger partial charge in [0.2, 0.25) is 0 Å². The quantitative estimate of drug-likeness (QED) is 0.426. The fraction of sp³-hybridized carbons (Fsp3) is 0.625. The van der Waals surface area contributed by atoms with Crippen LogP contribution in [-0.2, 0) is 14.4 Å². The van der Waals surface area contributed by atoms with E-state index >= 15 is 0 Å². The Morgan fingerprint density at radius 2 is 2.07 bits per heavy atom. The van der Waals surface area contributed by atoms with Crippen LogP contribution in [-0.4, -0.2) is 53.8 Å². The van der Waals surface area contributed by atoms with Gasteiger partial charge >= 0.3 is 11.8 Å². The first-order valence-corrected chi connectivity index (χ1v) is 4.27. The van der Waals surface area contributed by atoms with Crippen LogP contribution in [0.3, 0.4) is 0 Å². The maximum absolute atomic E-state index is 11.0. The van der Waals surface area contributed by atoms with Crippen LogP contribution >= 0.6 is 0 Å². The molecule has 1 saturated heterocycles. The summed E-state index contributed by atoms with van der Waals surface area (Å²) < 4.78 is 0. The highest BCUT2D eigenvalue weighted by molar-refractivity contribution is 6.61. The molecule has 14 heavy (non-hydrogen) atoms. The summed E-state index contributed by atoms with van der Waals surface area (Å²) in [4.78, 5) is 33.8. The summed E-state index contributed by atoms with van der Waals surface area (Å²) in [5.74, 6) is -4.15. The first-order chi connectivity index (χ1) is 6.50. The van der Waals surface area contributed by atoms with Crippen LogP contribution in [0.5, 0.6) is 0 Å². The van der Waals surface area contributed by atoms with Crippen molar-refractivity contribution >= 4 is 17.7 Å². The third-order valence-corrected chi connectivity index (χ3v) is 2.13. The van der Waals surface area contributed by atoms with Crippen molar-refractivity contribution in [2.45, 2.75) is 12.5 Å². The number of carbonyl (C=O) groups excluding carboxylic acids is 2. The molecule has 0 radical (unpaired) electrons. The van der Waals surface area contributed by atoms with E-state index in [4.69, 9.17) is 5.11 Å². The molecule has 1 unspecified atom stereocenters. The van der Waals surface area contributed by atoms with Crippen molar-refractivity contribution in [3.05, 3.63) is 0 Å². The second kappa shape index (κ2) is 4.19.